The number of benzene rings is 4. The van der Waals surface area contributed by atoms with Gasteiger partial charge in [-0.3, -0.25) is 4.98 Å². The average molecular weight is 524 g/mol. The largest absolute Gasteiger partial charge is 0.418 e. The summed E-state index contributed by atoms with van der Waals surface area (Å²) in [7, 11) is 0. The van der Waals surface area contributed by atoms with Crippen molar-refractivity contribution < 1.29 is 18.3 Å². The van der Waals surface area contributed by atoms with E-state index in [1.54, 1.807) is 78.9 Å². The summed E-state index contributed by atoms with van der Waals surface area (Å²) in [5.41, 5.74) is -0.466. The Kier molecular flexibility index (Phi) is 6.25. The van der Waals surface area contributed by atoms with E-state index >= 15 is 0 Å². The normalized spacial score (nSPS) is 12.2. The summed E-state index contributed by atoms with van der Waals surface area (Å²) in [6, 6.07) is 26.3. The van der Waals surface area contributed by atoms with Crippen molar-refractivity contribution in [1.29, 1.82) is 0 Å². The molecule has 5 aromatic rings. The lowest BCUT2D eigenvalue weighted by atomic mass is 9.77. The minimum Gasteiger partial charge on any atom is -0.376 e. The van der Waals surface area contributed by atoms with E-state index in [9.17, 15) is 18.3 Å². The highest BCUT2D eigenvalue weighted by Crippen LogP contribution is 2.45. The van der Waals surface area contributed by atoms with E-state index in [1.165, 1.54) is 12.3 Å². The maximum absolute atomic E-state index is 13.9. The summed E-state index contributed by atoms with van der Waals surface area (Å²) in [5.74, 6) is 0. The fraction of sp³-hybridized carbons (Fsp3) is 0.0690. The molecule has 1 aromatic heterocycles. The molecule has 0 atom stereocenters. The Labute approximate surface area is 215 Å². The minimum atomic E-state index is -4.59. The van der Waals surface area contributed by atoms with E-state index in [1.807, 2.05) is 6.07 Å². The van der Waals surface area contributed by atoms with Crippen LogP contribution >= 0.6 is 23.2 Å². The Hall–Kier alpha value is -3.38. The zero-order valence-electron chi connectivity index (χ0n) is 18.6. The second kappa shape index (κ2) is 9.25. The maximum Gasteiger partial charge on any atom is 0.418 e. The summed E-state index contributed by atoms with van der Waals surface area (Å²) < 4.78 is 41.6. The van der Waals surface area contributed by atoms with Crippen molar-refractivity contribution in [2.75, 3.05) is 0 Å². The summed E-state index contributed by atoms with van der Waals surface area (Å²) in [4.78, 5) is 4.25. The first-order valence-corrected chi connectivity index (χ1v) is 11.7. The van der Waals surface area contributed by atoms with Gasteiger partial charge in [-0.1, -0.05) is 89.9 Å². The molecule has 0 amide bonds. The average Bonchev–Trinajstić information content (AvgIpc) is 2.88. The number of rotatable bonds is 4. The number of halogens is 5. The molecule has 7 heteroatoms. The first kappa shape index (κ1) is 24.3. The predicted molar refractivity (Wildman–Crippen MR) is 137 cm³/mol. The van der Waals surface area contributed by atoms with E-state index in [0.29, 0.717) is 37.9 Å². The lowest BCUT2D eigenvalue weighted by Gasteiger charge is -2.32. The number of nitrogens with zero attached hydrogens (tertiary/aromatic N) is 1. The minimum absolute atomic E-state index is 0.192. The molecule has 0 fully saturated rings. The molecule has 5 rings (SSSR count). The third-order valence-corrected chi connectivity index (χ3v) is 6.68. The molecule has 0 saturated carbocycles. The van der Waals surface area contributed by atoms with Gasteiger partial charge in [-0.2, -0.15) is 13.2 Å². The highest BCUT2D eigenvalue weighted by molar-refractivity contribution is 6.30. The molecule has 0 spiro atoms. The Morgan fingerprint density at radius 2 is 1.19 bits per heavy atom. The standard InChI is InChI=1S/C29H18Cl2F3NO/c30-21-13-9-19(10-14-21)28(36,20-11-15-22(31)16-12-20)25-17-35-27-23(7-4-8-24(27)29(32,33)34)26(25)18-5-2-1-3-6-18/h1-17,36H. The first-order chi connectivity index (χ1) is 17.2. The van der Waals surface area contributed by atoms with Gasteiger partial charge in [0.15, 0.2) is 0 Å². The summed E-state index contributed by atoms with van der Waals surface area (Å²) in [5, 5.41) is 13.7. The van der Waals surface area contributed by atoms with E-state index in [-0.39, 0.29) is 10.9 Å². The van der Waals surface area contributed by atoms with Crippen LogP contribution < -0.4 is 0 Å². The quantitative estimate of drug-likeness (QED) is 0.256. The number of alkyl halides is 3. The van der Waals surface area contributed by atoms with Crippen molar-refractivity contribution in [3.8, 4) is 11.1 Å². The van der Waals surface area contributed by atoms with Gasteiger partial charge in [-0.05, 0) is 52.6 Å². The summed E-state index contributed by atoms with van der Waals surface area (Å²) in [6.07, 6.45) is -3.27. The van der Waals surface area contributed by atoms with Crippen LogP contribution in [0.3, 0.4) is 0 Å². The van der Waals surface area contributed by atoms with Crippen LogP contribution in [0.5, 0.6) is 0 Å². The summed E-state index contributed by atoms with van der Waals surface area (Å²) >= 11 is 12.2. The highest BCUT2D eigenvalue weighted by Gasteiger charge is 2.39. The van der Waals surface area contributed by atoms with Crippen LogP contribution in [0.2, 0.25) is 10.0 Å². The van der Waals surface area contributed by atoms with E-state index in [4.69, 9.17) is 23.2 Å². The smallest absolute Gasteiger partial charge is 0.376 e. The van der Waals surface area contributed by atoms with Crippen LogP contribution in [-0.4, -0.2) is 10.1 Å². The molecule has 180 valence electrons. The van der Waals surface area contributed by atoms with Crippen molar-refractivity contribution in [3.05, 3.63) is 136 Å². The number of para-hydroxylation sites is 1. The zero-order chi connectivity index (χ0) is 25.5. The van der Waals surface area contributed by atoms with Gasteiger partial charge in [0, 0.05) is 27.2 Å². The number of pyridine rings is 1. The Morgan fingerprint density at radius 1 is 0.639 bits per heavy atom. The van der Waals surface area contributed by atoms with Crippen molar-refractivity contribution in [3.63, 3.8) is 0 Å². The van der Waals surface area contributed by atoms with Crippen LogP contribution in [-0.2, 0) is 11.8 Å². The van der Waals surface area contributed by atoms with E-state index in [0.717, 1.165) is 6.07 Å². The van der Waals surface area contributed by atoms with E-state index in [2.05, 4.69) is 4.98 Å². The molecule has 0 aliphatic heterocycles. The van der Waals surface area contributed by atoms with Gasteiger partial charge in [0.05, 0.1) is 11.1 Å². The van der Waals surface area contributed by atoms with Crippen LogP contribution in [0, 0.1) is 0 Å². The SMILES string of the molecule is OC(c1ccc(Cl)cc1)(c1ccc(Cl)cc1)c1cnc2c(C(F)(F)F)cccc2c1-c1ccccc1. The van der Waals surface area contributed by atoms with E-state index < -0.39 is 17.3 Å². The lowest BCUT2D eigenvalue weighted by molar-refractivity contribution is -0.136. The van der Waals surface area contributed by atoms with Crippen LogP contribution in [0.25, 0.3) is 22.0 Å². The van der Waals surface area contributed by atoms with Gasteiger partial charge >= 0.3 is 6.18 Å². The monoisotopic (exact) mass is 523 g/mol. The molecule has 4 aromatic carbocycles. The maximum atomic E-state index is 13.9. The second-order valence-electron chi connectivity index (χ2n) is 8.34. The number of hydrogen-bond acceptors (Lipinski definition) is 2. The van der Waals surface area contributed by atoms with Crippen molar-refractivity contribution in [1.82, 2.24) is 4.98 Å². The zero-order valence-corrected chi connectivity index (χ0v) is 20.1. The molecule has 1 N–H and O–H groups in total. The molecule has 0 bridgehead atoms. The third-order valence-electron chi connectivity index (χ3n) is 6.18. The highest BCUT2D eigenvalue weighted by atomic mass is 35.5. The fourth-order valence-corrected chi connectivity index (χ4v) is 4.75. The molecule has 0 saturated heterocycles. The Bertz CT molecular complexity index is 1490. The molecule has 0 aliphatic carbocycles. The topological polar surface area (TPSA) is 33.1 Å². The number of hydrogen-bond donors (Lipinski definition) is 1. The van der Waals surface area contributed by atoms with Gasteiger partial charge < -0.3 is 5.11 Å². The molecular formula is C29H18Cl2F3NO. The fourth-order valence-electron chi connectivity index (χ4n) is 4.50. The molecule has 2 nitrogen and oxygen atoms in total. The molecule has 0 aliphatic rings. The lowest BCUT2D eigenvalue weighted by Crippen LogP contribution is -2.30. The number of fused-ring (bicyclic) bond motifs is 1. The predicted octanol–water partition coefficient (Wildman–Crippen LogP) is 8.51. The first-order valence-electron chi connectivity index (χ1n) is 11.0. The summed E-state index contributed by atoms with van der Waals surface area (Å²) in [6.45, 7) is 0. The number of aromatic nitrogens is 1. The number of aliphatic hydroxyl groups is 1. The molecule has 0 radical (unpaired) electrons. The molecule has 0 unspecified atom stereocenters. The van der Waals surface area contributed by atoms with Gasteiger partial charge in [0.1, 0.15) is 5.60 Å². The van der Waals surface area contributed by atoms with Crippen molar-refractivity contribution in [2.45, 2.75) is 11.8 Å². The molecule has 36 heavy (non-hydrogen) atoms. The van der Waals surface area contributed by atoms with Gasteiger partial charge in [0.25, 0.3) is 0 Å². The van der Waals surface area contributed by atoms with Crippen molar-refractivity contribution in [2.24, 2.45) is 0 Å². The third kappa shape index (κ3) is 4.24. The van der Waals surface area contributed by atoms with Crippen LogP contribution in [0.4, 0.5) is 13.2 Å². The van der Waals surface area contributed by atoms with Gasteiger partial charge in [0.2, 0.25) is 0 Å². The Balaban J connectivity index is 1.92. The molecule has 1 heterocycles. The van der Waals surface area contributed by atoms with Crippen LogP contribution in [0.1, 0.15) is 22.3 Å². The van der Waals surface area contributed by atoms with Gasteiger partial charge in [-0.15, -0.1) is 0 Å². The second-order valence-corrected chi connectivity index (χ2v) is 9.21. The van der Waals surface area contributed by atoms with Crippen molar-refractivity contribution >= 4 is 34.1 Å². The molecular weight excluding hydrogens is 506 g/mol. The Morgan fingerprint density at radius 3 is 1.72 bits per heavy atom. The van der Waals surface area contributed by atoms with Gasteiger partial charge in [-0.25, -0.2) is 0 Å². The van der Waals surface area contributed by atoms with Crippen LogP contribution in [0.15, 0.2) is 103 Å².